The van der Waals surface area contributed by atoms with Gasteiger partial charge in [-0.1, -0.05) is 27.7 Å². The fourth-order valence-electron chi connectivity index (χ4n) is 1.82. The van der Waals surface area contributed by atoms with Crippen molar-refractivity contribution in [1.29, 1.82) is 0 Å². The van der Waals surface area contributed by atoms with E-state index >= 15 is 0 Å². The second kappa shape index (κ2) is 6.80. The van der Waals surface area contributed by atoms with Gasteiger partial charge < -0.3 is 5.73 Å². The lowest BCUT2D eigenvalue weighted by Gasteiger charge is -2.12. The Bertz CT molecular complexity index is 584. The first-order valence-corrected chi connectivity index (χ1v) is 9.02. The first-order chi connectivity index (χ1) is 9.15. The number of nitrogens with two attached hydrogens (primary N) is 2. The predicted molar refractivity (Wildman–Crippen MR) is 83.9 cm³/mol. The van der Waals surface area contributed by atoms with E-state index < -0.39 is 21.9 Å². The van der Waals surface area contributed by atoms with Gasteiger partial charge in [0.05, 0.1) is 6.04 Å². The average Bonchev–Trinajstić information content (AvgIpc) is 2.76. The summed E-state index contributed by atoms with van der Waals surface area (Å²) in [5.41, 5.74) is 6.63. The highest BCUT2D eigenvalue weighted by Gasteiger charge is 2.21. The van der Waals surface area contributed by atoms with Crippen molar-refractivity contribution in [3.05, 3.63) is 17.0 Å². The van der Waals surface area contributed by atoms with Crippen molar-refractivity contribution >= 4 is 27.2 Å². The maximum Gasteiger partial charge on any atom is 0.271 e. The zero-order chi connectivity index (χ0) is 15.5. The molecule has 1 rings (SSSR count). The van der Waals surface area contributed by atoms with E-state index in [1.54, 1.807) is 0 Å². The highest BCUT2D eigenvalue weighted by Crippen LogP contribution is 2.29. The van der Waals surface area contributed by atoms with Crippen LogP contribution in [0, 0.1) is 5.92 Å². The SMILES string of the molecule is CC(C)C[C@H](N)C(=O)N=S(N)(=O)c1sccc1C(C)C. The van der Waals surface area contributed by atoms with Gasteiger partial charge in [-0.25, -0.2) is 9.35 Å². The Hall–Kier alpha value is -0.760. The molecule has 1 heterocycles. The van der Waals surface area contributed by atoms with Gasteiger partial charge in [-0.2, -0.15) is 0 Å². The second-order valence-electron chi connectivity index (χ2n) is 5.55. The smallest absolute Gasteiger partial charge is 0.271 e. The standard InChI is InChI=1S/C13H23N3O2S2/c1-8(2)7-11(14)12(17)16-20(15,18)13-10(9(3)4)5-6-19-13/h5-6,8-9,11H,7,14H2,1-4H3,(H2,15,16,17,18)/t11-,20?/m0/s1. The molecular weight excluding hydrogens is 294 g/mol. The average molecular weight is 317 g/mol. The summed E-state index contributed by atoms with van der Waals surface area (Å²) in [6.07, 6.45) is 0.499. The zero-order valence-corrected chi connectivity index (χ0v) is 14.0. The molecule has 0 aliphatic heterocycles. The Labute approximate surface area is 125 Å². The summed E-state index contributed by atoms with van der Waals surface area (Å²) in [7, 11) is -3.21. The number of hydrogen-bond donors (Lipinski definition) is 2. The van der Waals surface area contributed by atoms with Crippen LogP contribution in [-0.2, 0) is 14.7 Å². The highest BCUT2D eigenvalue weighted by molar-refractivity contribution is 7.93. The van der Waals surface area contributed by atoms with Gasteiger partial charge in [0.25, 0.3) is 5.91 Å². The van der Waals surface area contributed by atoms with Crippen LogP contribution in [0.1, 0.15) is 45.6 Å². The van der Waals surface area contributed by atoms with E-state index in [1.165, 1.54) is 11.3 Å². The monoisotopic (exact) mass is 317 g/mol. The van der Waals surface area contributed by atoms with E-state index in [0.29, 0.717) is 10.6 Å². The summed E-state index contributed by atoms with van der Waals surface area (Å²) in [5.74, 6) is -0.143. The first-order valence-electron chi connectivity index (χ1n) is 6.57. The molecule has 0 aromatic carbocycles. The lowest BCUT2D eigenvalue weighted by atomic mass is 10.0. The highest BCUT2D eigenvalue weighted by atomic mass is 32.2. The van der Waals surface area contributed by atoms with Crippen molar-refractivity contribution in [1.82, 2.24) is 0 Å². The van der Waals surface area contributed by atoms with E-state index in [4.69, 9.17) is 10.9 Å². The van der Waals surface area contributed by atoms with Gasteiger partial charge in [-0.15, -0.1) is 15.7 Å². The van der Waals surface area contributed by atoms with Crippen LogP contribution in [0.4, 0.5) is 0 Å². The van der Waals surface area contributed by atoms with Crippen LogP contribution in [-0.4, -0.2) is 16.2 Å². The summed E-state index contributed by atoms with van der Waals surface area (Å²) < 4.78 is 16.7. The summed E-state index contributed by atoms with van der Waals surface area (Å²) in [6.45, 7) is 7.88. The molecule has 0 fully saturated rings. The zero-order valence-electron chi connectivity index (χ0n) is 12.3. The van der Waals surface area contributed by atoms with E-state index in [9.17, 15) is 9.00 Å². The molecule has 0 saturated carbocycles. The minimum absolute atomic E-state index is 0.176. The van der Waals surface area contributed by atoms with Gasteiger partial charge >= 0.3 is 0 Å². The molecule has 0 spiro atoms. The van der Waals surface area contributed by atoms with Gasteiger partial charge in [0.2, 0.25) is 0 Å². The van der Waals surface area contributed by atoms with Gasteiger partial charge in [-0.3, -0.25) is 4.79 Å². The van der Waals surface area contributed by atoms with E-state index in [-0.39, 0.29) is 11.8 Å². The van der Waals surface area contributed by atoms with Gasteiger partial charge in [0.15, 0.2) is 9.92 Å². The van der Waals surface area contributed by atoms with Gasteiger partial charge in [-0.05, 0) is 35.3 Å². The third-order valence-corrected chi connectivity index (χ3v) is 5.76. The van der Waals surface area contributed by atoms with Crippen LogP contribution in [0.25, 0.3) is 0 Å². The number of amides is 1. The Morgan fingerprint density at radius 1 is 1.40 bits per heavy atom. The van der Waals surface area contributed by atoms with Gasteiger partial charge in [0.1, 0.15) is 4.21 Å². The van der Waals surface area contributed by atoms with E-state index in [2.05, 4.69) is 4.36 Å². The molecule has 1 aromatic rings. The quantitative estimate of drug-likeness (QED) is 0.872. The summed E-state index contributed by atoms with van der Waals surface area (Å²) in [6, 6.07) is 1.12. The van der Waals surface area contributed by atoms with Crippen LogP contribution in [0.15, 0.2) is 20.0 Å². The molecule has 0 saturated heterocycles. The molecule has 0 radical (unpaired) electrons. The Morgan fingerprint density at radius 2 is 2.00 bits per heavy atom. The predicted octanol–water partition coefficient (Wildman–Crippen LogP) is 2.47. The summed E-state index contributed by atoms with van der Waals surface area (Å²) in [5, 5.41) is 7.60. The van der Waals surface area contributed by atoms with Crippen molar-refractivity contribution in [3.63, 3.8) is 0 Å². The molecule has 0 aliphatic rings. The molecule has 5 nitrogen and oxygen atoms in total. The van der Waals surface area contributed by atoms with Crippen LogP contribution < -0.4 is 10.9 Å². The molecule has 4 N–H and O–H groups in total. The normalized spacial score (nSPS) is 16.2. The summed E-state index contributed by atoms with van der Waals surface area (Å²) in [4.78, 5) is 11.9. The van der Waals surface area contributed by atoms with E-state index in [0.717, 1.165) is 5.56 Å². The Balaban J connectivity index is 3.09. The minimum Gasteiger partial charge on any atom is -0.320 e. The molecule has 1 amide bonds. The molecule has 114 valence electrons. The van der Waals surface area contributed by atoms with Crippen molar-refractivity contribution in [2.45, 2.75) is 50.3 Å². The van der Waals surface area contributed by atoms with Crippen LogP contribution in [0.3, 0.4) is 0 Å². The first kappa shape index (κ1) is 17.3. The summed E-state index contributed by atoms with van der Waals surface area (Å²) >= 11 is 1.27. The van der Waals surface area contributed by atoms with E-state index in [1.807, 2.05) is 39.1 Å². The number of thiophene rings is 1. The van der Waals surface area contributed by atoms with Crippen molar-refractivity contribution in [2.75, 3.05) is 0 Å². The molecule has 7 heteroatoms. The number of rotatable bonds is 5. The van der Waals surface area contributed by atoms with Gasteiger partial charge in [0, 0.05) is 0 Å². The lowest BCUT2D eigenvalue weighted by molar-refractivity contribution is -0.119. The molecule has 1 unspecified atom stereocenters. The number of carbonyl (C=O) groups excluding carboxylic acids is 1. The third-order valence-electron chi connectivity index (χ3n) is 2.81. The maximum absolute atomic E-state index is 12.5. The molecule has 0 aliphatic carbocycles. The molecule has 1 aromatic heterocycles. The fraction of sp³-hybridized carbons (Fsp3) is 0.615. The minimum atomic E-state index is -3.21. The maximum atomic E-state index is 12.5. The molecule has 20 heavy (non-hydrogen) atoms. The third kappa shape index (κ3) is 4.37. The lowest BCUT2D eigenvalue weighted by Crippen LogP contribution is -2.32. The largest absolute Gasteiger partial charge is 0.320 e. The fourth-order valence-corrected chi connectivity index (χ4v) is 4.56. The van der Waals surface area contributed by atoms with Crippen LogP contribution >= 0.6 is 11.3 Å². The number of carbonyl (C=O) groups is 1. The number of hydrogen-bond acceptors (Lipinski definition) is 4. The Kier molecular flexibility index (Phi) is 5.88. The van der Waals surface area contributed by atoms with Crippen molar-refractivity contribution in [3.8, 4) is 0 Å². The molecule has 2 atom stereocenters. The number of nitrogens with zero attached hydrogens (tertiary/aromatic N) is 1. The van der Waals surface area contributed by atoms with Crippen molar-refractivity contribution in [2.24, 2.45) is 21.2 Å². The topological polar surface area (TPSA) is 98.5 Å². The molecule has 0 bridgehead atoms. The van der Waals surface area contributed by atoms with Crippen LogP contribution in [0.2, 0.25) is 0 Å². The van der Waals surface area contributed by atoms with Crippen LogP contribution in [0.5, 0.6) is 0 Å². The second-order valence-corrected chi connectivity index (χ2v) is 8.45. The van der Waals surface area contributed by atoms with Crippen molar-refractivity contribution < 1.29 is 9.00 Å². The molecular formula is C13H23N3O2S2. The Morgan fingerprint density at radius 3 is 2.50 bits per heavy atom.